The summed E-state index contributed by atoms with van der Waals surface area (Å²) in [5.41, 5.74) is 0.912. The van der Waals surface area contributed by atoms with Crippen LogP contribution in [-0.2, 0) is 16.4 Å². The number of benzene rings is 1. The molecular weight excluding hydrogens is 400 g/mol. The molecule has 1 amide bonds. The molecule has 2 aromatic rings. The van der Waals surface area contributed by atoms with E-state index in [1.165, 1.54) is 22.9 Å². The van der Waals surface area contributed by atoms with Crippen molar-refractivity contribution < 1.29 is 13.2 Å². The second-order valence-corrected chi connectivity index (χ2v) is 9.67. The Morgan fingerprint density at radius 3 is 2.64 bits per heavy atom. The summed E-state index contributed by atoms with van der Waals surface area (Å²) in [5, 5.41) is 0.551. The molecular formula is C20H23ClN2O4S. The van der Waals surface area contributed by atoms with Gasteiger partial charge in [0, 0.05) is 29.9 Å². The summed E-state index contributed by atoms with van der Waals surface area (Å²) >= 11 is 6.19. The van der Waals surface area contributed by atoms with Crippen LogP contribution in [0.15, 0.2) is 47.4 Å². The smallest absolute Gasteiger partial charge is 0.255 e. The van der Waals surface area contributed by atoms with Crippen LogP contribution < -0.4 is 5.56 Å². The minimum Gasteiger partial charge on any atom is -0.335 e. The van der Waals surface area contributed by atoms with Gasteiger partial charge < -0.3 is 9.47 Å². The number of hydrogen-bond acceptors (Lipinski definition) is 4. The Morgan fingerprint density at radius 1 is 1.25 bits per heavy atom. The Morgan fingerprint density at radius 2 is 2.00 bits per heavy atom. The Balaban J connectivity index is 1.88. The number of carbonyl (C=O) groups is 1. The SMILES string of the molecule is CCCN(C(=O)c1ccc(=O)n(Cc2ccccc2Cl)c1)C1CCS(=O)(=O)C1. The van der Waals surface area contributed by atoms with E-state index in [1.54, 1.807) is 11.0 Å². The molecule has 6 nitrogen and oxygen atoms in total. The van der Waals surface area contributed by atoms with Crippen molar-refractivity contribution in [3.05, 3.63) is 69.1 Å². The first-order valence-corrected chi connectivity index (χ1v) is 11.5. The van der Waals surface area contributed by atoms with E-state index in [0.29, 0.717) is 23.6 Å². The number of hydrogen-bond donors (Lipinski definition) is 0. The van der Waals surface area contributed by atoms with Crippen molar-refractivity contribution in [1.29, 1.82) is 0 Å². The molecule has 0 aliphatic carbocycles. The van der Waals surface area contributed by atoms with Gasteiger partial charge >= 0.3 is 0 Å². The maximum Gasteiger partial charge on any atom is 0.255 e. The summed E-state index contributed by atoms with van der Waals surface area (Å²) in [6.45, 7) is 2.68. The third-order valence-corrected chi connectivity index (χ3v) is 7.02. The third-order valence-electron chi connectivity index (χ3n) is 4.90. The summed E-state index contributed by atoms with van der Waals surface area (Å²) in [4.78, 5) is 27.0. The molecule has 28 heavy (non-hydrogen) atoms. The van der Waals surface area contributed by atoms with Crippen LogP contribution in [0.4, 0.5) is 0 Å². The number of halogens is 1. The first-order chi connectivity index (χ1) is 13.3. The fourth-order valence-corrected chi connectivity index (χ4v) is 5.40. The van der Waals surface area contributed by atoms with Crippen LogP contribution in [0.25, 0.3) is 0 Å². The maximum absolute atomic E-state index is 13.1. The number of nitrogens with zero attached hydrogens (tertiary/aromatic N) is 2. The van der Waals surface area contributed by atoms with Crippen LogP contribution >= 0.6 is 11.6 Å². The molecule has 0 saturated carbocycles. The Labute approximate surface area is 169 Å². The molecule has 1 aliphatic rings. The van der Waals surface area contributed by atoms with E-state index in [-0.39, 0.29) is 35.6 Å². The van der Waals surface area contributed by atoms with E-state index in [2.05, 4.69) is 0 Å². The number of pyridine rings is 1. The monoisotopic (exact) mass is 422 g/mol. The van der Waals surface area contributed by atoms with Crippen molar-refractivity contribution >= 4 is 27.3 Å². The van der Waals surface area contributed by atoms with Crippen molar-refractivity contribution in [2.24, 2.45) is 0 Å². The van der Waals surface area contributed by atoms with E-state index < -0.39 is 9.84 Å². The highest BCUT2D eigenvalue weighted by Gasteiger charge is 2.34. The predicted octanol–water partition coefficient (Wildman–Crippen LogP) is 2.59. The lowest BCUT2D eigenvalue weighted by atomic mass is 10.1. The Bertz CT molecular complexity index is 1030. The van der Waals surface area contributed by atoms with Crippen LogP contribution in [0.3, 0.4) is 0 Å². The van der Waals surface area contributed by atoms with Gasteiger partial charge in [0.2, 0.25) is 0 Å². The van der Waals surface area contributed by atoms with Crippen molar-refractivity contribution in [3.8, 4) is 0 Å². The van der Waals surface area contributed by atoms with E-state index in [0.717, 1.165) is 12.0 Å². The molecule has 1 fully saturated rings. The summed E-state index contributed by atoms with van der Waals surface area (Å²) in [7, 11) is -3.10. The first kappa shape index (κ1) is 20.6. The Hall–Kier alpha value is -2.12. The molecule has 1 saturated heterocycles. The van der Waals surface area contributed by atoms with Gasteiger partial charge in [0.1, 0.15) is 0 Å². The summed E-state index contributed by atoms with van der Waals surface area (Å²) in [5.74, 6) is -0.147. The number of aromatic nitrogens is 1. The molecule has 0 spiro atoms. The van der Waals surface area contributed by atoms with Gasteiger partial charge in [-0.25, -0.2) is 8.42 Å². The average Bonchev–Trinajstić information content (AvgIpc) is 3.02. The lowest BCUT2D eigenvalue weighted by Gasteiger charge is -2.28. The zero-order chi connectivity index (χ0) is 20.3. The summed E-state index contributed by atoms with van der Waals surface area (Å²) < 4.78 is 25.1. The summed E-state index contributed by atoms with van der Waals surface area (Å²) in [6, 6.07) is 9.77. The molecule has 0 radical (unpaired) electrons. The minimum atomic E-state index is -3.10. The molecule has 1 atom stereocenters. The molecule has 0 bridgehead atoms. The molecule has 8 heteroatoms. The average molecular weight is 423 g/mol. The molecule has 3 rings (SSSR count). The van der Waals surface area contributed by atoms with Gasteiger partial charge in [-0.2, -0.15) is 0 Å². The second-order valence-electron chi connectivity index (χ2n) is 7.03. The van der Waals surface area contributed by atoms with Crippen LogP contribution in [0.2, 0.25) is 5.02 Å². The van der Waals surface area contributed by atoms with Crippen LogP contribution in [0.1, 0.15) is 35.7 Å². The molecule has 150 valence electrons. The third kappa shape index (κ3) is 4.64. The van der Waals surface area contributed by atoms with Gasteiger partial charge in [0.05, 0.1) is 23.6 Å². The van der Waals surface area contributed by atoms with Crippen molar-refractivity contribution in [2.75, 3.05) is 18.1 Å². The highest BCUT2D eigenvalue weighted by molar-refractivity contribution is 7.91. The van der Waals surface area contributed by atoms with Gasteiger partial charge in [0.15, 0.2) is 9.84 Å². The predicted molar refractivity (Wildman–Crippen MR) is 110 cm³/mol. The highest BCUT2D eigenvalue weighted by atomic mass is 35.5. The van der Waals surface area contributed by atoms with Gasteiger partial charge in [-0.3, -0.25) is 9.59 Å². The Kier molecular flexibility index (Phi) is 6.25. The first-order valence-electron chi connectivity index (χ1n) is 9.26. The van der Waals surface area contributed by atoms with Crippen molar-refractivity contribution in [3.63, 3.8) is 0 Å². The number of rotatable bonds is 6. The van der Waals surface area contributed by atoms with Gasteiger partial charge in [-0.05, 0) is 30.5 Å². The molecule has 1 aliphatic heterocycles. The zero-order valence-electron chi connectivity index (χ0n) is 15.7. The normalized spacial score (nSPS) is 18.1. The number of sulfone groups is 1. The van der Waals surface area contributed by atoms with Gasteiger partial charge in [0.25, 0.3) is 11.5 Å². The minimum absolute atomic E-state index is 0.00198. The largest absolute Gasteiger partial charge is 0.335 e. The van der Waals surface area contributed by atoms with E-state index in [9.17, 15) is 18.0 Å². The zero-order valence-corrected chi connectivity index (χ0v) is 17.2. The van der Waals surface area contributed by atoms with E-state index >= 15 is 0 Å². The van der Waals surface area contributed by atoms with Crippen LogP contribution in [-0.4, -0.2) is 47.9 Å². The van der Waals surface area contributed by atoms with Crippen molar-refractivity contribution in [2.45, 2.75) is 32.4 Å². The van der Waals surface area contributed by atoms with Crippen LogP contribution in [0, 0.1) is 0 Å². The number of amides is 1. The van der Waals surface area contributed by atoms with Gasteiger partial charge in [-0.1, -0.05) is 36.7 Å². The molecule has 2 heterocycles. The second kappa shape index (κ2) is 8.49. The summed E-state index contributed by atoms with van der Waals surface area (Å²) in [6.07, 6.45) is 2.70. The maximum atomic E-state index is 13.1. The lowest BCUT2D eigenvalue weighted by Crippen LogP contribution is -2.42. The lowest BCUT2D eigenvalue weighted by molar-refractivity contribution is 0.0696. The molecule has 1 aromatic carbocycles. The fourth-order valence-electron chi connectivity index (χ4n) is 3.47. The quantitative estimate of drug-likeness (QED) is 0.716. The van der Waals surface area contributed by atoms with E-state index in [4.69, 9.17) is 11.6 Å². The van der Waals surface area contributed by atoms with Crippen LogP contribution in [0.5, 0.6) is 0 Å². The molecule has 0 N–H and O–H groups in total. The van der Waals surface area contributed by atoms with Gasteiger partial charge in [-0.15, -0.1) is 0 Å². The standard InChI is InChI=1S/C20H23ClN2O4S/c1-2-10-23(17-9-11-28(26,27)14-17)20(25)16-7-8-19(24)22(13-16)12-15-5-3-4-6-18(15)21/h3-8,13,17H,2,9-12,14H2,1H3. The fraction of sp³-hybridized carbons (Fsp3) is 0.400. The van der Waals surface area contributed by atoms with Crippen molar-refractivity contribution in [1.82, 2.24) is 9.47 Å². The topological polar surface area (TPSA) is 76.5 Å². The highest BCUT2D eigenvalue weighted by Crippen LogP contribution is 2.21. The number of carbonyl (C=O) groups excluding carboxylic acids is 1. The molecule has 1 aromatic heterocycles. The molecule has 1 unspecified atom stereocenters. The van der Waals surface area contributed by atoms with E-state index in [1.807, 2.05) is 25.1 Å².